The van der Waals surface area contributed by atoms with Crippen molar-refractivity contribution in [2.75, 3.05) is 27.2 Å². The van der Waals surface area contributed by atoms with Crippen molar-refractivity contribution in [3.8, 4) is 11.1 Å². The fourth-order valence-electron chi connectivity index (χ4n) is 3.84. The van der Waals surface area contributed by atoms with Gasteiger partial charge in [-0.05, 0) is 74.5 Å². The first-order chi connectivity index (χ1) is 16.2. The molecule has 180 valence electrons. The zero-order chi connectivity index (χ0) is 24.7. The van der Waals surface area contributed by atoms with Gasteiger partial charge in [0.1, 0.15) is 0 Å². The van der Waals surface area contributed by atoms with Crippen LogP contribution in [0.2, 0.25) is 0 Å². The summed E-state index contributed by atoms with van der Waals surface area (Å²) < 4.78 is 28.5. The molecule has 0 aliphatic heterocycles. The Morgan fingerprint density at radius 1 is 0.853 bits per heavy atom. The Hall–Kier alpha value is -3.00. The molecule has 0 atom stereocenters. The molecule has 1 N–H and O–H groups in total. The van der Waals surface area contributed by atoms with E-state index in [0.717, 1.165) is 23.2 Å². The van der Waals surface area contributed by atoms with E-state index in [4.69, 9.17) is 0 Å². The minimum absolute atomic E-state index is 0.104. The SMILES string of the molecule is CCN(CC)C(=O)c1ccc(S(=O)(=O)NCc2ccccc2-c2ccc(CN(C)C)cc2)cc1. The molecule has 3 aromatic rings. The molecule has 0 radical (unpaired) electrons. The number of carbonyl (C=O) groups excluding carboxylic acids is 1. The second-order valence-electron chi connectivity index (χ2n) is 8.42. The maximum Gasteiger partial charge on any atom is 0.253 e. The van der Waals surface area contributed by atoms with Crippen LogP contribution in [-0.4, -0.2) is 51.3 Å². The maximum atomic E-state index is 12.9. The van der Waals surface area contributed by atoms with E-state index in [1.54, 1.807) is 17.0 Å². The lowest BCUT2D eigenvalue weighted by Gasteiger charge is -2.18. The van der Waals surface area contributed by atoms with Gasteiger partial charge in [-0.25, -0.2) is 13.1 Å². The molecule has 6 nitrogen and oxygen atoms in total. The molecule has 3 rings (SSSR count). The third-order valence-electron chi connectivity index (χ3n) is 5.70. The normalized spacial score (nSPS) is 11.6. The van der Waals surface area contributed by atoms with Crippen molar-refractivity contribution in [3.05, 3.63) is 89.5 Å². The molecule has 0 spiro atoms. The second-order valence-corrected chi connectivity index (χ2v) is 10.2. The predicted octanol–water partition coefficient (Wildman–Crippen LogP) is 4.38. The summed E-state index contributed by atoms with van der Waals surface area (Å²) in [6.45, 7) is 6.07. The summed E-state index contributed by atoms with van der Waals surface area (Å²) in [7, 11) is 0.335. The number of rotatable bonds is 10. The topological polar surface area (TPSA) is 69.7 Å². The van der Waals surface area contributed by atoms with Crippen molar-refractivity contribution in [1.29, 1.82) is 0 Å². The molecule has 0 bridgehead atoms. The highest BCUT2D eigenvalue weighted by Gasteiger charge is 2.17. The average Bonchev–Trinajstić information content (AvgIpc) is 2.84. The Balaban J connectivity index is 1.75. The molecule has 0 aliphatic carbocycles. The fraction of sp³-hybridized carbons (Fsp3) is 0.296. The first-order valence-electron chi connectivity index (χ1n) is 11.5. The molecule has 0 saturated heterocycles. The molecule has 7 heteroatoms. The van der Waals surface area contributed by atoms with E-state index in [0.29, 0.717) is 18.7 Å². The molecule has 0 aliphatic rings. The van der Waals surface area contributed by atoms with Crippen LogP contribution in [0.15, 0.2) is 77.7 Å². The van der Waals surface area contributed by atoms with Crippen LogP contribution in [0.25, 0.3) is 11.1 Å². The first kappa shape index (κ1) is 25.6. The van der Waals surface area contributed by atoms with Crippen molar-refractivity contribution in [2.45, 2.75) is 31.8 Å². The molecular weight excluding hydrogens is 446 g/mol. The number of sulfonamides is 1. The molecule has 0 saturated carbocycles. The third-order valence-corrected chi connectivity index (χ3v) is 7.11. The van der Waals surface area contributed by atoms with E-state index >= 15 is 0 Å². The molecule has 3 aromatic carbocycles. The highest BCUT2D eigenvalue weighted by atomic mass is 32.2. The van der Waals surface area contributed by atoms with E-state index in [9.17, 15) is 13.2 Å². The Bertz CT molecular complexity index is 1200. The summed E-state index contributed by atoms with van der Waals surface area (Å²) >= 11 is 0. The Morgan fingerprint density at radius 3 is 2.06 bits per heavy atom. The highest BCUT2D eigenvalue weighted by molar-refractivity contribution is 7.89. The molecular formula is C27H33N3O3S. The maximum absolute atomic E-state index is 12.9. The Labute approximate surface area is 203 Å². The molecule has 0 heterocycles. The number of hydrogen-bond acceptors (Lipinski definition) is 4. The van der Waals surface area contributed by atoms with Crippen molar-refractivity contribution in [2.24, 2.45) is 0 Å². The minimum Gasteiger partial charge on any atom is -0.339 e. The number of carbonyl (C=O) groups is 1. The van der Waals surface area contributed by atoms with Gasteiger partial charge in [-0.2, -0.15) is 0 Å². The lowest BCUT2D eigenvalue weighted by Crippen LogP contribution is -2.30. The lowest BCUT2D eigenvalue weighted by molar-refractivity contribution is 0.0773. The third kappa shape index (κ3) is 6.32. The minimum atomic E-state index is -3.73. The zero-order valence-electron chi connectivity index (χ0n) is 20.3. The van der Waals surface area contributed by atoms with Gasteiger partial charge in [-0.1, -0.05) is 48.5 Å². The van der Waals surface area contributed by atoms with E-state index in [1.165, 1.54) is 17.7 Å². The van der Waals surface area contributed by atoms with Gasteiger partial charge in [0.05, 0.1) is 4.90 Å². The summed E-state index contributed by atoms with van der Waals surface area (Å²) in [5.41, 5.74) is 4.61. The molecule has 1 amide bonds. The van der Waals surface area contributed by atoms with E-state index in [2.05, 4.69) is 33.9 Å². The first-order valence-corrected chi connectivity index (χ1v) is 12.9. The molecule has 0 aromatic heterocycles. The average molecular weight is 480 g/mol. The summed E-state index contributed by atoms with van der Waals surface area (Å²) in [5, 5.41) is 0. The van der Waals surface area contributed by atoms with Gasteiger partial charge in [-0.3, -0.25) is 4.79 Å². The molecule has 0 fully saturated rings. The van der Waals surface area contributed by atoms with Crippen LogP contribution in [0.1, 0.15) is 35.3 Å². The number of amides is 1. The van der Waals surface area contributed by atoms with Gasteiger partial charge >= 0.3 is 0 Å². The number of nitrogens with zero attached hydrogens (tertiary/aromatic N) is 2. The highest BCUT2D eigenvalue weighted by Crippen LogP contribution is 2.25. The molecule has 34 heavy (non-hydrogen) atoms. The van der Waals surface area contributed by atoms with Crippen LogP contribution in [-0.2, 0) is 23.1 Å². The van der Waals surface area contributed by atoms with Crippen molar-refractivity contribution >= 4 is 15.9 Å². The zero-order valence-corrected chi connectivity index (χ0v) is 21.1. The van der Waals surface area contributed by atoms with Gasteiger partial charge < -0.3 is 9.80 Å². The monoisotopic (exact) mass is 479 g/mol. The van der Waals surface area contributed by atoms with Crippen molar-refractivity contribution in [3.63, 3.8) is 0 Å². The summed E-state index contributed by atoms with van der Waals surface area (Å²) in [4.78, 5) is 16.4. The second kappa shape index (κ2) is 11.4. The summed E-state index contributed by atoms with van der Waals surface area (Å²) in [6, 6.07) is 22.2. The Kier molecular flexibility index (Phi) is 8.61. The summed E-state index contributed by atoms with van der Waals surface area (Å²) in [6.07, 6.45) is 0. The lowest BCUT2D eigenvalue weighted by atomic mass is 9.99. The smallest absolute Gasteiger partial charge is 0.253 e. The van der Waals surface area contributed by atoms with E-state index < -0.39 is 10.0 Å². The van der Waals surface area contributed by atoms with Crippen molar-refractivity contribution < 1.29 is 13.2 Å². The van der Waals surface area contributed by atoms with Gasteiger partial charge in [-0.15, -0.1) is 0 Å². The van der Waals surface area contributed by atoms with Crippen molar-refractivity contribution in [1.82, 2.24) is 14.5 Å². The quantitative estimate of drug-likeness (QED) is 0.469. The van der Waals surface area contributed by atoms with Crippen LogP contribution in [0, 0.1) is 0 Å². The summed E-state index contributed by atoms with van der Waals surface area (Å²) in [5.74, 6) is -0.104. The van der Waals surface area contributed by atoms with E-state index in [1.807, 2.05) is 52.2 Å². The molecule has 0 unspecified atom stereocenters. The van der Waals surface area contributed by atoms with Gasteiger partial charge in [0, 0.05) is 31.7 Å². The van der Waals surface area contributed by atoms with Gasteiger partial charge in [0.15, 0.2) is 0 Å². The largest absolute Gasteiger partial charge is 0.339 e. The van der Waals surface area contributed by atoms with E-state index in [-0.39, 0.29) is 17.3 Å². The van der Waals surface area contributed by atoms with Crippen LogP contribution in [0.3, 0.4) is 0 Å². The van der Waals surface area contributed by atoms with Gasteiger partial charge in [0.2, 0.25) is 10.0 Å². The fourth-order valence-corrected chi connectivity index (χ4v) is 4.84. The number of nitrogens with one attached hydrogen (secondary N) is 1. The number of benzene rings is 3. The predicted molar refractivity (Wildman–Crippen MR) is 137 cm³/mol. The Morgan fingerprint density at radius 2 is 1.47 bits per heavy atom. The van der Waals surface area contributed by atoms with Crippen LogP contribution < -0.4 is 4.72 Å². The van der Waals surface area contributed by atoms with Gasteiger partial charge in [0.25, 0.3) is 5.91 Å². The standard InChI is InChI=1S/C27H33N3O3S/c1-5-30(6-2)27(31)23-15-17-25(18-16-23)34(32,33)28-19-24-9-7-8-10-26(24)22-13-11-21(12-14-22)20-29(3)4/h7-18,28H,5-6,19-20H2,1-4H3. The van der Waals surface area contributed by atoms with Crippen LogP contribution in [0.5, 0.6) is 0 Å². The van der Waals surface area contributed by atoms with Crippen LogP contribution >= 0.6 is 0 Å². The number of hydrogen-bond donors (Lipinski definition) is 1. The van der Waals surface area contributed by atoms with Crippen LogP contribution in [0.4, 0.5) is 0 Å².